The zero-order valence-corrected chi connectivity index (χ0v) is 10.1. The molecule has 1 aromatic rings. The first-order valence-electron chi connectivity index (χ1n) is 4.96. The Labute approximate surface area is 103 Å². The summed E-state index contributed by atoms with van der Waals surface area (Å²) in [6, 6.07) is 4.56. The number of carboxylic acids is 1. The van der Waals surface area contributed by atoms with Crippen LogP contribution in [-0.4, -0.2) is 39.3 Å². The third-order valence-electron chi connectivity index (χ3n) is 1.87. The highest BCUT2D eigenvalue weighted by Crippen LogP contribution is 2.09. The molecular weight excluding hydrogens is 265 g/mol. The van der Waals surface area contributed by atoms with Gasteiger partial charge in [0.25, 0.3) is 0 Å². The van der Waals surface area contributed by atoms with Crippen LogP contribution in [-0.2, 0) is 19.6 Å². The van der Waals surface area contributed by atoms with E-state index in [-0.39, 0.29) is 18.0 Å². The summed E-state index contributed by atoms with van der Waals surface area (Å²) in [6.45, 7) is -0.672. The minimum atomic E-state index is -3.80. The second-order valence-corrected chi connectivity index (χ2v) is 5.07. The molecule has 1 aromatic carbocycles. The van der Waals surface area contributed by atoms with Gasteiger partial charge in [-0.3, -0.25) is 0 Å². The highest BCUT2D eigenvalue weighted by Gasteiger charge is 2.13. The number of nitrogens with one attached hydrogen (secondary N) is 1. The summed E-state index contributed by atoms with van der Waals surface area (Å²) in [5, 5.41) is 8.28. The molecule has 0 aliphatic carbocycles. The van der Waals surface area contributed by atoms with E-state index in [4.69, 9.17) is 5.11 Å². The Balaban J connectivity index is 2.48. The minimum absolute atomic E-state index is 0.0825. The first-order valence-corrected chi connectivity index (χ1v) is 6.45. The zero-order chi connectivity index (χ0) is 13.6. The van der Waals surface area contributed by atoms with Crippen LogP contribution in [0.2, 0.25) is 0 Å². The molecule has 0 aromatic heterocycles. The third-order valence-corrected chi connectivity index (χ3v) is 3.33. The standard InChI is InChI=1S/C10H12FNO5S/c11-8-2-1-3-9(6-8)18(15,16)12-4-5-17-7-10(13)14/h1-3,6,12H,4-5,7H2,(H,13,14). The summed E-state index contributed by atoms with van der Waals surface area (Å²) in [5.41, 5.74) is 0. The van der Waals surface area contributed by atoms with Gasteiger partial charge >= 0.3 is 5.97 Å². The Hall–Kier alpha value is -1.51. The van der Waals surface area contributed by atoms with Crippen LogP contribution in [0.5, 0.6) is 0 Å². The van der Waals surface area contributed by atoms with Crippen LogP contribution in [0.1, 0.15) is 0 Å². The van der Waals surface area contributed by atoms with Crippen LogP contribution in [0.15, 0.2) is 29.2 Å². The zero-order valence-electron chi connectivity index (χ0n) is 9.30. The van der Waals surface area contributed by atoms with Crippen molar-refractivity contribution in [3.05, 3.63) is 30.1 Å². The average molecular weight is 277 g/mol. The number of hydrogen-bond donors (Lipinski definition) is 2. The fourth-order valence-electron chi connectivity index (χ4n) is 1.13. The molecule has 0 saturated heterocycles. The van der Waals surface area contributed by atoms with Gasteiger partial charge in [-0.15, -0.1) is 0 Å². The summed E-state index contributed by atoms with van der Waals surface area (Å²) in [5.74, 6) is -1.79. The van der Waals surface area contributed by atoms with E-state index in [2.05, 4.69) is 9.46 Å². The van der Waals surface area contributed by atoms with Gasteiger partial charge in [-0.2, -0.15) is 0 Å². The monoisotopic (exact) mass is 277 g/mol. The highest BCUT2D eigenvalue weighted by atomic mass is 32.2. The molecule has 0 aliphatic rings. The molecule has 6 nitrogen and oxygen atoms in total. The first kappa shape index (κ1) is 14.6. The highest BCUT2D eigenvalue weighted by molar-refractivity contribution is 7.89. The van der Waals surface area contributed by atoms with Gasteiger partial charge in [0.2, 0.25) is 10.0 Å². The van der Waals surface area contributed by atoms with E-state index in [1.165, 1.54) is 12.1 Å². The van der Waals surface area contributed by atoms with Gasteiger partial charge in [-0.05, 0) is 18.2 Å². The molecule has 18 heavy (non-hydrogen) atoms. The van der Waals surface area contributed by atoms with Crippen LogP contribution in [0.3, 0.4) is 0 Å². The van der Waals surface area contributed by atoms with E-state index in [9.17, 15) is 17.6 Å². The summed E-state index contributed by atoms with van der Waals surface area (Å²) in [6.07, 6.45) is 0. The predicted molar refractivity (Wildman–Crippen MR) is 60.0 cm³/mol. The summed E-state index contributed by atoms with van der Waals surface area (Å²) >= 11 is 0. The van der Waals surface area contributed by atoms with E-state index in [0.29, 0.717) is 0 Å². The largest absolute Gasteiger partial charge is 0.480 e. The fourth-order valence-corrected chi connectivity index (χ4v) is 2.17. The van der Waals surface area contributed by atoms with Crippen molar-refractivity contribution in [2.75, 3.05) is 19.8 Å². The molecule has 100 valence electrons. The molecular formula is C10H12FNO5S. The molecule has 0 spiro atoms. The van der Waals surface area contributed by atoms with E-state index in [0.717, 1.165) is 12.1 Å². The van der Waals surface area contributed by atoms with Crippen LogP contribution >= 0.6 is 0 Å². The Morgan fingerprint density at radius 3 is 2.78 bits per heavy atom. The van der Waals surface area contributed by atoms with Crippen molar-refractivity contribution in [1.82, 2.24) is 4.72 Å². The fraction of sp³-hybridized carbons (Fsp3) is 0.300. The van der Waals surface area contributed by atoms with Crippen molar-refractivity contribution < 1.29 is 27.4 Å². The smallest absolute Gasteiger partial charge is 0.329 e. The van der Waals surface area contributed by atoms with Gasteiger partial charge in [0.05, 0.1) is 11.5 Å². The SMILES string of the molecule is O=C(O)COCCNS(=O)(=O)c1cccc(F)c1. The quantitative estimate of drug-likeness (QED) is 0.695. The number of halogens is 1. The minimum Gasteiger partial charge on any atom is -0.480 e. The molecule has 0 saturated carbocycles. The van der Waals surface area contributed by atoms with Gasteiger partial charge in [-0.1, -0.05) is 6.07 Å². The van der Waals surface area contributed by atoms with E-state index in [1.807, 2.05) is 0 Å². The van der Waals surface area contributed by atoms with Crippen molar-refractivity contribution in [2.45, 2.75) is 4.90 Å². The van der Waals surface area contributed by atoms with Gasteiger partial charge in [-0.25, -0.2) is 22.3 Å². The van der Waals surface area contributed by atoms with Crippen LogP contribution in [0.4, 0.5) is 4.39 Å². The van der Waals surface area contributed by atoms with Gasteiger partial charge < -0.3 is 9.84 Å². The number of rotatable bonds is 7. The summed E-state index contributed by atoms with van der Waals surface area (Å²) in [7, 11) is -3.80. The molecule has 0 heterocycles. The first-order chi connectivity index (χ1) is 8.42. The molecule has 1 rings (SSSR count). The molecule has 0 unspecified atom stereocenters. The summed E-state index contributed by atoms with van der Waals surface area (Å²) in [4.78, 5) is 9.92. The molecule has 8 heteroatoms. The Morgan fingerprint density at radius 1 is 1.44 bits per heavy atom. The number of sulfonamides is 1. The number of carboxylic acid groups (broad SMARTS) is 1. The lowest BCUT2D eigenvalue weighted by Crippen LogP contribution is -2.28. The Bertz CT molecular complexity index is 517. The number of aliphatic carboxylic acids is 1. The average Bonchev–Trinajstić information content (AvgIpc) is 2.28. The third kappa shape index (κ3) is 4.78. The topological polar surface area (TPSA) is 92.7 Å². The molecule has 0 amide bonds. The van der Waals surface area contributed by atoms with Crippen molar-refractivity contribution >= 4 is 16.0 Å². The van der Waals surface area contributed by atoms with Crippen molar-refractivity contribution in [2.24, 2.45) is 0 Å². The Kier molecular flexibility index (Phi) is 5.20. The lowest BCUT2D eigenvalue weighted by Gasteiger charge is -2.06. The Morgan fingerprint density at radius 2 is 2.17 bits per heavy atom. The van der Waals surface area contributed by atoms with Crippen LogP contribution < -0.4 is 4.72 Å². The molecule has 0 aliphatic heterocycles. The normalized spacial score (nSPS) is 11.4. The maximum atomic E-state index is 12.8. The summed E-state index contributed by atoms with van der Waals surface area (Å²) < 4.78 is 42.9. The van der Waals surface area contributed by atoms with Crippen molar-refractivity contribution in [3.8, 4) is 0 Å². The number of hydrogen-bond acceptors (Lipinski definition) is 4. The number of benzene rings is 1. The predicted octanol–water partition coefficient (Wildman–Crippen LogP) is 0.205. The molecule has 0 radical (unpaired) electrons. The number of carbonyl (C=O) groups is 1. The second-order valence-electron chi connectivity index (χ2n) is 3.30. The van der Waals surface area contributed by atoms with Crippen molar-refractivity contribution in [1.29, 1.82) is 0 Å². The van der Waals surface area contributed by atoms with Crippen LogP contribution in [0, 0.1) is 5.82 Å². The van der Waals surface area contributed by atoms with E-state index >= 15 is 0 Å². The van der Waals surface area contributed by atoms with Crippen LogP contribution in [0.25, 0.3) is 0 Å². The maximum absolute atomic E-state index is 12.8. The lowest BCUT2D eigenvalue weighted by atomic mass is 10.4. The van der Waals surface area contributed by atoms with Gasteiger partial charge in [0.1, 0.15) is 12.4 Å². The molecule has 0 bridgehead atoms. The molecule has 0 atom stereocenters. The number of ether oxygens (including phenoxy) is 1. The van der Waals surface area contributed by atoms with E-state index in [1.54, 1.807) is 0 Å². The molecule has 0 fully saturated rings. The second kappa shape index (κ2) is 6.43. The maximum Gasteiger partial charge on any atom is 0.329 e. The van der Waals surface area contributed by atoms with Gasteiger partial charge in [0, 0.05) is 6.54 Å². The van der Waals surface area contributed by atoms with Crippen molar-refractivity contribution in [3.63, 3.8) is 0 Å². The van der Waals surface area contributed by atoms with Gasteiger partial charge in [0.15, 0.2) is 0 Å². The molecule has 2 N–H and O–H groups in total. The van der Waals surface area contributed by atoms with E-state index < -0.39 is 28.4 Å². The lowest BCUT2D eigenvalue weighted by molar-refractivity contribution is -0.142.